The molecule has 35 heavy (non-hydrogen) atoms. The molecule has 3 aliphatic heterocycles. The third-order valence-corrected chi connectivity index (χ3v) is 7.28. The smallest absolute Gasteiger partial charge is 0.240 e. The van der Waals surface area contributed by atoms with Crippen LogP contribution >= 0.6 is 0 Å². The van der Waals surface area contributed by atoms with Crippen molar-refractivity contribution in [3.05, 3.63) is 100 Å². The topological polar surface area (TPSA) is 70.1 Å². The summed E-state index contributed by atoms with van der Waals surface area (Å²) in [4.78, 5) is 42.8. The molecule has 0 spiro atoms. The number of rotatable bonds is 3. The standard InChI is InChI=1S/C28H22FN3O3/c1-15-7-12-21(16(2)13-15)31-27(34)22-23(28(31)35)25(26(33)17-8-10-19(29)11-9-17)32-24(22)20-6-4-3-5-18(20)14-30-32/h3-14,22-25H,1-2H3/t22-,23+,24+,25-/m0/s1. The van der Waals surface area contributed by atoms with Gasteiger partial charge < -0.3 is 0 Å². The monoisotopic (exact) mass is 467 g/mol. The second-order valence-corrected chi connectivity index (χ2v) is 9.37. The van der Waals surface area contributed by atoms with Gasteiger partial charge in [0.1, 0.15) is 11.9 Å². The Morgan fingerprint density at radius 3 is 2.37 bits per heavy atom. The zero-order valence-electron chi connectivity index (χ0n) is 19.2. The van der Waals surface area contributed by atoms with Crippen LogP contribution in [0.2, 0.25) is 0 Å². The molecule has 2 amide bonds. The molecule has 0 bridgehead atoms. The van der Waals surface area contributed by atoms with Crippen LogP contribution in [0.3, 0.4) is 0 Å². The molecule has 2 fully saturated rings. The Morgan fingerprint density at radius 2 is 1.63 bits per heavy atom. The van der Waals surface area contributed by atoms with Crippen LogP contribution in [0, 0.1) is 31.5 Å². The summed E-state index contributed by atoms with van der Waals surface area (Å²) in [7, 11) is 0. The van der Waals surface area contributed by atoms with E-state index in [9.17, 15) is 18.8 Å². The van der Waals surface area contributed by atoms with Gasteiger partial charge in [-0.3, -0.25) is 19.4 Å². The van der Waals surface area contributed by atoms with Crippen LogP contribution in [0.4, 0.5) is 10.1 Å². The average molecular weight is 468 g/mol. The Kier molecular flexibility index (Phi) is 4.71. The van der Waals surface area contributed by atoms with Gasteiger partial charge in [-0.1, -0.05) is 42.0 Å². The van der Waals surface area contributed by atoms with Crippen molar-refractivity contribution in [3.63, 3.8) is 0 Å². The highest BCUT2D eigenvalue weighted by Gasteiger charge is 2.65. The van der Waals surface area contributed by atoms with Gasteiger partial charge in [0.2, 0.25) is 11.8 Å². The van der Waals surface area contributed by atoms with E-state index in [1.54, 1.807) is 17.3 Å². The van der Waals surface area contributed by atoms with Crippen molar-refractivity contribution < 1.29 is 18.8 Å². The fraction of sp³-hybridized carbons (Fsp3) is 0.214. The lowest BCUT2D eigenvalue weighted by atomic mass is 9.83. The van der Waals surface area contributed by atoms with Crippen LogP contribution in [0.1, 0.15) is 38.7 Å². The van der Waals surface area contributed by atoms with E-state index in [2.05, 4.69) is 5.10 Å². The quantitative estimate of drug-likeness (QED) is 0.428. The summed E-state index contributed by atoms with van der Waals surface area (Å²) in [6.07, 6.45) is 1.66. The molecule has 6 rings (SSSR count). The van der Waals surface area contributed by atoms with Gasteiger partial charge in [0.15, 0.2) is 5.78 Å². The molecule has 6 nitrogen and oxygen atoms in total. The van der Waals surface area contributed by atoms with E-state index in [1.807, 2.05) is 50.2 Å². The first kappa shape index (κ1) is 21.4. The maximum Gasteiger partial charge on any atom is 0.240 e. The number of anilines is 1. The molecule has 0 unspecified atom stereocenters. The summed E-state index contributed by atoms with van der Waals surface area (Å²) in [5.41, 5.74) is 4.36. The van der Waals surface area contributed by atoms with E-state index in [1.165, 1.54) is 29.2 Å². The highest BCUT2D eigenvalue weighted by molar-refractivity contribution is 6.25. The van der Waals surface area contributed by atoms with Crippen LogP contribution in [-0.4, -0.2) is 34.9 Å². The van der Waals surface area contributed by atoms with Gasteiger partial charge in [-0.05, 0) is 60.9 Å². The number of fused-ring (bicyclic) bond motifs is 5. The van der Waals surface area contributed by atoms with Crippen LogP contribution in [0.25, 0.3) is 0 Å². The van der Waals surface area contributed by atoms with Crippen molar-refractivity contribution in [1.29, 1.82) is 0 Å². The Hall–Kier alpha value is -4.13. The lowest BCUT2D eigenvalue weighted by Gasteiger charge is -2.34. The first-order valence-corrected chi connectivity index (χ1v) is 11.5. The summed E-state index contributed by atoms with van der Waals surface area (Å²) >= 11 is 0. The number of Topliss-reactive ketones (excluding diaryl/α,β-unsaturated/α-hetero) is 1. The minimum atomic E-state index is -0.979. The molecule has 4 atom stereocenters. The first-order chi connectivity index (χ1) is 16.9. The number of imide groups is 1. The fourth-order valence-corrected chi connectivity index (χ4v) is 5.75. The molecular weight excluding hydrogens is 445 g/mol. The summed E-state index contributed by atoms with van der Waals surface area (Å²) in [6.45, 7) is 3.82. The van der Waals surface area contributed by atoms with Crippen LogP contribution in [0.5, 0.6) is 0 Å². The number of hydrogen-bond donors (Lipinski definition) is 0. The van der Waals surface area contributed by atoms with Crippen molar-refractivity contribution >= 4 is 29.5 Å². The minimum Gasteiger partial charge on any atom is -0.292 e. The van der Waals surface area contributed by atoms with Crippen molar-refractivity contribution in [3.8, 4) is 0 Å². The zero-order chi connectivity index (χ0) is 24.4. The zero-order valence-corrected chi connectivity index (χ0v) is 19.2. The third kappa shape index (κ3) is 3.07. The second kappa shape index (κ2) is 7.70. The maximum absolute atomic E-state index is 13.9. The van der Waals surface area contributed by atoms with Crippen LogP contribution < -0.4 is 4.90 Å². The molecule has 0 aromatic heterocycles. The molecule has 3 aliphatic rings. The van der Waals surface area contributed by atoms with Crippen molar-refractivity contribution in [2.24, 2.45) is 16.9 Å². The van der Waals surface area contributed by atoms with E-state index in [0.717, 1.165) is 22.3 Å². The summed E-state index contributed by atoms with van der Waals surface area (Å²) in [5, 5.41) is 6.16. The van der Waals surface area contributed by atoms with Gasteiger partial charge in [0, 0.05) is 5.56 Å². The molecule has 0 saturated carbocycles. The van der Waals surface area contributed by atoms with Gasteiger partial charge in [0.25, 0.3) is 0 Å². The van der Waals surface area contributed by atoms with Gasteiger partial charge in [-0.15, -0.1) is 0 Å². The molecule has 3 heterocycles. The first-order valence-electron chi connectivity index (χ1n) is 11.5. The summed E-state index contributed by atoms with van der Waals surface area (Å²) in [6, 6.07) is 16.9. The molecular formula is C28H22FN3O3. The molecule has 0 N–H and O–H groups in total. The van der Waals surface area contributed by atoms with Gasteiger partial charge in [0.05, 0.1) is 29.8 Å². The summed E-state index contributed by atoms with van der Waals surface area (Å²) in [5.74, 6) is -3.23. The molecule has 0 aliphatic carbocycles. The Balaban J connectivity index is 1.50. The lowest BCUT2D eigenvalue weighted by Crippen LogP contribution is -2.44. The normalized spacial score (nSPS) is 24.4. The molecule has 2 saturated heterocycles. The van der Waals surface area contributed by atoms with E-state index in [-0.39, 0.29) is 17.3 Å². The number of ketones is 1. The molecule has 7 heteroatoms. The van der Waals surface area contributed by atoms with E-state index < -0.39 is 35.6 Å². The molecule has 174 valence electrons. The second-order valence-electron chi connectivity index (χ2n) is 9.37. The van der Waals surface area contributed by atoms with Gasteiger partial charge >= 0.3 is 0 Å². The largest absolute Gasteiger partial charge is 0.292 e. The predicted octanol–water partition coefficient (Wildman–Crippen LogP) is 4.20. The molecule has 0 radical (unpaired) electrons. The minimum absolute atomic E-state index is 0.273. The van der Waals surface area contributed by atoms with E-state index >= 15 is 0 Å². The number of amides is 2. The molecule has 3 aromatic rings. The van der Waals surface area contributed by atoms with Crippen molar-refractivity contribution in [1.82, 2.24) is 5.01 Å². The number of hydrazone groups is 1. The maximum atomic E-state index is 13.9. The highest BCUT2D eigenvalue weighted by atomic mass is 19.1. The number of carbonyl (C=O) groups is 3. The average Bonchev–Trinajstić information content (AvgIpc) is 3.32. The number of halogens is 1. The van der Waals surface area contributed by atoms with E-state index in [4.69, 9.17) is 0 Å². The SMILES string of the molecule is Cc1ccc(N2C(=O)[C@@H]3[C@H](C2=O)[C@H]2c4ccccc4C=NN2[C@@H]3C(=O)c2ccc(F)cc2)c(C)c1. The van der Waals surface area contributed by atoms with Gasteiger partial charge in [-0.2, -0.15) is 5.10 Å². The third-order valence-electron chi connectivity index (χ3n) is 7.28. The number of hydrogen-bond acceptors (Lipinski definition) is 5. The van der Waals surface area contributed by atoms with Crippen LogP contribution in [0.15, 0.2) is 71.8 Å². The highest BCUT2D eigenvalue weighted by Crippen LogP contribution is 2.53. The number of carbonyl (C=O) groups excluding carboxylic acids is 3. The fourth-order valence-electron chi connectivity index (χ4n) is 5.75. The van der Waals surface area contributed by atoms with Crippen molar-refractivity contribution in [2.75, 3.05) is 4.90 Å². The lowest BCUT2D eigenvalue weighted by molar-refractivity contribution is -0.124. The Labute approximate surface area is 201 Å². The Morgan fingerprint density at radius 1 is 0.914 bits per heavy atom. The van der Waals surface area contributed by atoms with Crippen LogP contribution in [-0.2, 0) is 9.59 Å². The number of aryl methyl sites for hydroxylation is 2. The number of benzene rings is 3. The predicted molar refractivity (Wildman–Crippen MR) is 129 cm³/mol. The van der Waals surface area contributed by atoms with E-state index in [0.29, 0.717) is 5.69 Å². The Bertz CT molecular complexity index is 1430. The van der Waals surface area contributed by atoms with Gasteiger partial charge in [-0.25, -0.2) is 9.29 Å². The van der Waals surface area contributed by atoms with Crippen molar-refractivity contribution in [2.45, 2.75) is 25.9 Å². The molecule has 3 aromatic carbocycles. The number of nitrogens with zero attached hydrogens (tertiary/aromatic N) is 3. The summed E-state index contributed by atoms with van der Waals surface area (Å²) < 4.78 is 13.5.